The number of anilines is 2. The van der Waals surface area contributed by atoms with Crippen molar-refractivity contribution < 1.29 is 9.53 Å². The van der Waals surface area contributed by atoms with E-state index < -0.39 is 5.97 Å². The Labute approximate surface area is 182 Å². The van der Waals surface area contributed by atoms with Gasteiger partial charge in [0, 0.05) is 31.0 Å². The summed E-state index contributed by atoms with van der Waals surface area (Å²) in [6, 6.07) is 13.6. The highest BCUT2D eigenvalue weighted by Crippen LogP contribution is 2.23. The fourth-order valence-corrected chi connectivity index (χ4v) is 3.86. The molecule has 0 aliphatic carbocycles. The molecule has 1 saturated heterocycles. The van der Waals surface area contributed by atoms with Crippen LogP contribution in [0.4, 0.5) is 11.4 Å². The zero-order valence-corrected chi connectivity index (χ0v) is 18.3. The number of rotatable bonds is 5. The van der Waals surface area contributed by atoms with Gasteiger partial charge in [0.2, 0.25) is 0 Å². The number of carbonyl (C=O) groups is 1. The molecular weight excluding hydrogens is 406 g/mol. The minimum absolute atomic E-state index is 0.296. The summed E-state index contributed by atoms with van der Waals surface area (Å²) in [4.78, 5) is 14.2. The van der Waals surface area contributed by atoms with E-state index in [4.69, 9.17) is 28.6 Å². The van der Waals surface area contributed by atoms with Crippen LogP contribution in [-0.4, -0.2) is 31.3 Å². The van der Waals surface area contributed by atoms with Gasteiger partial charge in [0.25, 0.3) is 0 Å². The molecule has 0 bridgehead atoms. The van der Waals surface area contributed by atoms with E-state index in [1.165, 1.54) is 25.6 Å². The van der Waals surface area contributed by atoms with Crippen molar-refractivity contribution in [3.63, 3.8) is 0 Å². The highest BCUT2D eigenvalue weighted by molar-refractivity contribution is 7.80. The average Bonchev–Trinajstić information content (AvgIpc) is 2.73. The number of esters is 1. The molecule has 1 aliphatic heterocycles. The fourth-order valence-electron chi connectivity index (χ4n) is 3.48. The monoisotopic (exact) mass is 431 g/mol. The van der Waals surface area contributed by atoms with Gasteiger partial charge in [-0.25, -0.2) is 4.79 Å². The van der Waals surface area contributed by atoms with Crippen LogP contribution in [0.3, 0.4) is 0 Å². The second-order valence-electron chi connectivity index (χ2n) is 7.35. The minimum Gasteiger partial charge on any atom is -0.465 e. The molecule has 0 radical (unpaired) electrons. The van der Waals surface area contributed by atoms with Crippen LogP contribution in [0.25, 0.3) is 0 Å². The van der Waals surface area contributed by atoms with Crippen molar-refractivity contribution in [2.75, 3.05) is 30.4 Å². The van der Waals surface area contributed by atoms with Crippen molar-refractivity contribution in [3.8, 4) is 0 Å². The van der Waals surface area contributed by atoms with Gasteiger partial charge in [0.05, 0.1) is 17.7 Å². The van der Waals surface area contributed by atoms with Crippen molar-refractivity contribution in [1.82, 2.24) is 5.32 Å². The minimum atomic E-state index is -0.485. The molecule has 29 heavy (non-hydrogen) atoms. The predicted octanol–water partition coefficient (Wildman–Crippen LogP) is 4.85. The number of methoxy groups -OCH3 is 1. The van der Waals surface area contributed by atoms with Crippen molar-refractivity contribution >= 4 is 46.3 Å². The molecule has 3 rings (SSSR count). The molecule has 1 heterocycles. The number of carbonyl (C=O) groups excluding carboxylic acids is 1. The highest BCUT2D eigenvalue weighted by atomic mass is 35.5. The van der Waals surface area contributed by atoms with Gasteiger partial charge in [-0.05, 0) is 66.9 Å². The number of benzene rings is 2. The van der Waals surface area contributed by atoms with E-state index in [0.29, 0.717) is 27.9 Å². The predicted molar refractivity (Wildman–Crippen MR) is 123 cm³/mol. The second kappa shape index (κ2) is 9.94. The van der Waals surface area contributed by atoms with Gasteiger partial charge >= 0.3 is 5.97 Å². The Bertz CT molecular complexity index is 873. The summed E-state index contributed by atoms with van der Waals surface area (Å²) in [5.41, 5.74) is 3.39. The van der Waals surface area contributed by atoms with Crippen LogP contribution in [-0.2, 0) is 11.3 Å². The lowest BCUT2D eigenvalue weighted by Crippen LogP contribution is -2.34. The summed E-state index contributed by atoms with van der Waals surface area (Å²) in [7, 11) is 1.32. The Kier molecular flexibility index (Phi) is 7.34. The maximum Gasteiger partial charge on any atom is 0.339 e. The Morgan fingerprint density at radius 2 is 2.03 bits per heavy atom. The molecule has 1 fully saturated rings. The van der Waals surface area contributed by atoms with Crippen LogP contribution >= 0.6 is 23.8 Å². The van der Waals surface area contributed by atoms with Crippen molar-refractivity contribution in [2.24, 2.45) is 5.92 Å². The van der Waals surface area contributed by atoms with Gasteiger partial charge in [-0.1, -0.05) is 30.7 Å². The quantitative estimate of drug-likeness (QED) is 0.521. The highest BCUT2D eigenvalue weighted by Gasteiger charge is 2.16. The zero-order chi connectivity index (χ0) is 20.8. The third-order valence-corrected chi connectivity index (χ3v) is 5.62. The summed E-state index contributed by atoms with van der Waals surface area (Å²) in [6.45, 7) is 5.18. The Balaban J connectivity index is 1.53. The molecule has 0 unspecified atom stereocenters. The summed E-state index contributed by atoms with van der Waals surface area (Å²) in [5.74, 6) is 0.266. The molecule has 0 amide bonds. The van der Waals surface area contributed by atoms with Crippen LogP contribution in [0.1, 0.15) is 35.7 Å². The summed E-state index contributed by atoms with van der Waals surface area (Å²) in [6.07, 6.45) is 2.57. The largest absolute Gasteiger partial charge is 0.465 e. The summed E-state index contributed by atoms with van der Waals surface area (Å²) >= 11 is 11.4. The van der Waals surface area contributed by atoms with Gasteiger partial charge in [0.15, 0.2) is 5.11 Å². The number of hydrogen-bond acceptors (Lipinski definition) is 4. The van der Waals surface area contributed by atoms with Gasteiger partial charge < -0.3 is 20.3 Å². The van der Waals surface area contributed by atoms with Gasteiger partial charge in [0.1, 0.15) is 0 Å². The van der Waals surface area contributed by atoms with E-state index >= 15 is 0 Å². The van der Waals surface area contributed by atoms with Crippen LogP contribution in [0.15, 0.2) is 42.5 Å². The maximum atomic E-state index is 11.8. The molecule has 0 saturated carbocycles. The number of hydrogen-bond donors (Lipinski definition) is 2. The Morgan fingerprint density at radius 1 is 1.28 bits per heavy atom. The SMILES string of the molecule is COC(=O)c1cc(NC(=S)NCc2ccc(N3CCC[C@@H](C)C3)cc2)ccc1Cl. The van der Waals surface area contributed by atoms with Crippen molar-refractivity contribution in [3.05, 3.63) is 58.6 Å². The van der Waals surface area contributed by atoms with Crippen LogP contribution in [0.2, 0.25) is 5.02 Å². The maximum absolute atomic E-state index is 11.8. The Morgan fingerprint density at radius 3 is 2.72 bits per heavy atom. The van der Waals surface area contributed by atoms with Crippen LogP contribution in [0.5, 0.6) is 0 Å². The molecule has 2 aromatic rings. The molecule has 1 aliphatic rings. The van der Waals surface area contributed by atoms with Gasteiger partial charge in [-0.3, -0.25) is 0 Å². The smallest absolute Gasteiger partial charge is 0.339 e. The van der Waals surface area contributed by atoms with E-state index in [-0.39, 0.29) is 0 Å². The fraction of sp³-hybridized carbons (Fsp3) is 0.364. The molecule has 154 valence electrons. The number of thiocarbonyl (C=S) groups is 1. The normalized spacial score (nSPS) is 16.2. The number of ether oxygens (including phenoxy) is 1. The topological polar surface area (TPSA) is 53.6 Å². The summed E-state index contributed by atoms with van der Waals surface area (Å²) in [5, 5.41) is 7.07. The molecular formula is C22H26ClN3O2S. The molecule has 2 N–H and O–H groups in total. The first-order valence-corrected chi connectivity index (χ1v) is 10.5. The molecule has 5 nitrogen and oxygen atoms in total. The van der Waals surface area contributed by atoms with Crippen LogP contribution in [0, 0.1) is 5.92 Å². The molecule has 0 aromatic heterocycles. The zero-order valence-electron chi connectivity index (χ0n) is 16.7. The van der Waals surface area contributed by atoms with E-state index in [2.05, 4.69) is 46.7 Å². The molecule has 2 aromatic carbocycles. The van der Waals surface area contributed by atoms with Crippen molar-refractivity contribution in [2.45, 2.75) is 26.3 Å². The number of nitrogens with zero attached hydrogens (tertiary/aromatic N) is 1. The molecule has 0 spiro atoms. The third-order valence-electron chi connectivity index (χ3n) is 5.04. The first-order valence-electron chi connectivity index (χ1n) is 9.73. The first-order chi connectivity index (χ1) is 14.0. The Hall–Kier alpha value is -2.31. The van der Waals surface area contributed by atoms with Gasteiger partial charge in [-0.2, -0.15) is 0 Å². The standard InChI is InChI=1S/C22H26ClN3O2S/c1-15-4-3-11-26(14-15)18-8-5-16(6-9-18)13-24-22(29)25-17-7-10-20(23)19(12-17)21(27)28-2/h5-10,12,15H,3-4,11,13-14H2,1-2H3,(H2,24,25,29)/t15-/m1/s1. The van der Waals surface area contributed by atoms with E-state index in [1.807, 2.05) is 0 Å². The number of piperidine rings is 1. The molecule has 7 heteroatoms. The van der Waals surface area contributed by atoms with Crippen molar-refractivity contribution in [1.29, 1.82) is 0 Å². The first kappa shape index (κ1) is 21.4. The molecule has 1 atom stereocenters. The number of halogens is 1. The average molecular weight is 432 g/mol. The third kappa shape index (κ3) is 5.84. The lowest BCUT2D eigenvalue weighted by atomic mass is 9.99. The van der Waals surface area contributed by atoms with E-state index in [0.717, 1.165) is 24.6 Å². The van der Waals surface area contributed by atoms with E-state index in [9.17, 15) is 4.79 Å². The second-order valence-corrected chi connectivity index (χ2v) is 8.17. The lowest BCUT2D eigenvalue weighted by Gasteiger charge is -2.32. The summed E-state index contributed by atoms with van der Waals surface area (Å²) < 4.78 is 4.74. The van der Waals surface area contributed by atoms with Gasteiger partial charge in [-0.15, -0.1) is 0 Å². The number of nitrogens with one attached hydrogen (secondary N) is 2. The lowest BCUT2D eigenvalue weighted by molar-refractivity contribution is 0.0601. The van der Waals surface area contributed by atoms with E-state index in [1.54, 1.807) is 18.2 Å². The van der Waals surface area contributed by atoms with Crippen LogP contribution < -0.4 is 15.5 Å².